The fourth-order valence-electron chi connectivity index (χ4n) is 2.65. The summed E-state index contributed by atoms with van der Waals surface area (Å²) in [5.74, 6) is -1.14. The molecular formula is C18H18F2N2O2. The number of hydrogen-bond donors (Lipinski definition) is 0. The highest BCUT2D eigenvalue weighted by atomic mass is 19.2. The van der Waals surface area contributed by atoms with E-state index in [1.165, 1.54) is 6.07 Å². The van der Waals surface area contributed by atoms with Gasteiger partial charge in [-0.05, 0) is 24.3 Å². The predicted molar refractivity (Wildman–Crippen MR) is 87.1 cm³/mol. The molecule has 1 saturated heterocycles. The van der Waals surface area contributed by atoms with E-state index in [4.69, 9.17) is 4.74 Å². The van der Waals surface area contributed by atoms with Crippen LogP contribution in [-0.4, -0.2) is 43.6 Å². The Bertz CT molecular complexity index is 701. The number of hydrogen-bond acceptors (Lipinski definition) is 3. The van der Waals surface area contributed by atoms with Crippen molar-refractivity contribution >= 4 is 11.6 Å². The van der Waals surface area contributed by atoms with Crippen LogP contribution in [0.2, 0.25) is 0 Å². The number of para-hydroxylation sites is 1. The van der Waals surface area contributed by atoms with E-state index in [0.29, 0.717) is 37.6 Å². The third-order valence-electron chi connectivity index (χ3n) is 4.01. The van der Waals surface area contributed by atoms with Gasteiger partial charge in [-0.15, -0.1) is 0 Å². The lowest BCUT2D eigenvalue weighted by Crippen LogP contribution is -2.50. The normalized spacial score (nSPS) is 14.6. The first-order valence-electron chi connectivity index (χ1n) is 7.79. The number of ether oxygens (including phenoxy) is 1. The summed E-state index contributed by atoms with van der Waals surface area (Å²) in [7, 11) is 0. The zero-order valence-corrected chi connectivity index (χ0v) is 13.1. The summed E-state index contributed by atoms with van der Waals surface area (Å²) < 4.78 is 31.8. The van der Waals surface area contributed by atoms with Crippen LogP contribution < -0.4 is 9.64 Å². The van der Waals surface area contributed by atoms with Crippen LogP contribution in [0.25, 0.3) is 0 Å². The average Bonchev–Trinajstić information content (AvgIpc) is 2.63. The van der Waals surface area contributed by atoms with Gasteiger partial charge in [-0.2, -0.15) is 0 Å². The minimum atomic E-state index is -0.859. The Kier molecular flexibility index (Phi) is 4.93. The van der Waals surface area contributed by atoms with E-state index in [2.05, 4.69) is 0 Å². The van der Waals surface area contributed by atoms with Gasteiger partial charge in [-0.1, -0.05) is 18.2 Å². The second-order valence-corrected chi connectivity index (χ2v) is 5.57. The number of halogens is 2. The van der Waals surface area contributed by atoms with Gasteiger partial charge in [0.1, 0.15) is 5.75 Å². The number of amides is 1. The maximum Gasteiger partial charge on any atom is 0.260 e. The van der Waals surface area contributed by atoms with Crippen molar-refractivity contribution in [1.29, 1.82) is 0 Å². The molecule has 0 unspecified atom stereocenters. The van der Waals surface area contributed by atoms with Gasteiger partial charge in [0.2, 0.25) is 0 Å². The Morgan fingerprint density at radius 2 is 1.67 bits per heavy atom. The van der Waals surface area contributed by atoms with Gasteiger partial charge >= 0.3 is 0 Å². The molecule has 0 bridgehead atoms. The van der Waals surface area contributed by atoms with Crippen LogP contribution in [0.1, 0.15) is 0 Å². The van der Waals surface area contributed by atoms with Gasteiger partial charge in [0.15, 0.2) is 18.2 Å². The van der Waals surface area contributed by atoms with Crippen molar-refractivity contribution in [2.75, 3.05) is 37.7 Å². The third-order valence-corrected chi connectivity index (χ3v) is 4.01. The second kappa shape index (κ2) is 7.29. The van der Waals surface area contributed by atoms with Crippen LogP contribution in [0.3, 0.4) is 0 Å². The van der Waals surface area contributed by atoms with Crippen molar-refractivity contribution in [3.05, 3.63) is 60.2 Å². The van der Waals surface area contributed by atoms with Gasteiger partial charge < -0.3 is 14.5 Å². The van der Waals surface area contributed by atoms with Crippen molar-refractivity contribution in [2.45, 2.75) is 0 Å². The molecule has 0 radical (unpaired) electrons. The van der Waals surface area contributed by atoms with Crippen molar-refractivity contribution in [1.82, 2.24) is 4.90 Å². The molecule has 0 aliphatic carbocycles. The first-order chi connectivity index (χ1) is 11.6. The number of carbonyl (C=O) groups excluding carboxylic acids is 1. The number of benzene rings is 2. The Balaban J connectivity index is 1.51. The highest BCUT2D eigenvalue weighted by molar-refractivity contribution is 5.78. The van der Waals surface area contributed by atoms with E-state index in [1.807, 2.05) is 23.1 Å². The number of anilines is 1. The molecule has 1 aliphatic rings. The van der Waals surface area contributed by atoms with Crippen LogP contribution in [0.5, 0.6) is 5.75 Å². The van der Waals surface area contributed by atoms with E-state index in [1.54, 1.807) is 23.1 Å². The average molecular weight is 332 g/mol. The largest absolute Gasteiger partial charge is 0.484 e. The van der Waals surface area contributed by atoms with Crippen molar-refractivity contribution < 1.29 is 18.3 Å². The van der Waals surface area contributed by atoms with Crippen LogP contribution in [0.4, 0.5) is 14.5 Å². The molecule has 0 N–H and O–H groups in total. The first-order valence-corrected chi connectivity index (χ1v) is 7.79. The molecule has 24 heavy (non-hydrogen) atoms. The Morgan fingerprint density at radius 3 is 2.33 bits per heavy atom. The molecule has 1 aliphatic heterocycles. The van der Waals surface area contributed by atoms with Crippen molar-refractivity contribution in [2.24, 2.45) is 0 Å². The summed E-state index contributed by atoms with van der Waals surface area (Å²) in [6.07, 6.45) is 0. The molecule has 0 spiro atoms. The van der Waals surface area contributed by atoms with Crippen LogP contribution >= 0.6 is 0 Å². The summed E-state index contributed by atoms with van der Waals surface area (Å²) in [6.45, 7) is 2.19. The molecule has 4 nitrogen and oxygen atoms in total. The summed E-state index contributed by atoms with van der Waals surface area (Å²) in [6, 6.07) is 13.0. The Hall–Kier alpha value is -2.63. The van der Waals surface area contributed by atoms with Gasteiger partial charge in [-0.25, -0.2) is 8.78 Å². The first kappa shape index (κ1) is 16.2. The smallest absolute Gasteiger partial charge is 0.260 e. The molecular weight excluding hydrogens is 314 g/mol. The highest BCUT2D eigenvalue weighted by Crippen LogP contribution is 2.19. The molecule has 2 aromatic carbocycles. The van der Waals surface area contributed by atoms with Gasteiger partial charge in [0.25, 0.3) is 5.91 Å². The summed E-state index contributed by atoms with van der Waals surface area (Å²) in [5.41, 5.74) is 0.626. The third kappa shape index (κ3) is 3.82. The molecule has 0 saturated carbocycles. The number of piperazine rings is 1. The molecule has 1 heterocycles. The molecule has 2 aromatic rings. The van der Waals surface area contributed by atoms with Crippen LogP contribution in [0, 0.1) is 11.6 Å². The van der Waals surface area contributed by atoms with Gasteiger partial charge in [0, 0.05) is 37.9 Å². The fourth-order valence-corrected chi connectivity index (χ4v) is 2.65. The van der Waals surface area contributed by atoms with Crippen molar-refractivity contribution in [3.63, 3.8) is 0 Å². The molecule has 126 valence electrons. The van der Waals surface area contributed by atoms with Gasteiger partial charge in [-0.3, -0.25) is 4.79 Å². The summed E-state index contributed by atoms with van der Waals surface area (Å²) in [4.78, 5) is 15.8. The zero-order valence-electron chi connectivity index (χ0n) is 13.1. The van der Waals surface area contributed by atoms with Crippen LogP contribution in [-0.2, 0) is 4.79 Å². The molecule has 3 rings (SSSR count). The maximum atomic E-state index is 13.3. The highest BCUT2D eigenvalue weighted by Gasteiger charge is 2.22. The van der Waals surface area contributed by atoms with E-state index < -0.39 is 11.6 Å². The lowest BCUT2D eigenvalue weighted by Gasteiger charge is -2.36. The van der Waals surface area contributed by atoms with E-state index in [9.17, 15) is 13.6 Å². The standard InChI is InChI=1S/C18H18F2N2O2/c19-16-7-6-14(12-17(16)20)21-8-10-22(11-9-21)18(23)13-24-15-4-2-1-3-5-15/h1-7,12H,8-11,13H2. The predicted octanol–water partition coefficient (Wildman–Crippen LogP) is 2.69. The molecule has 6 heteroatoms. The Labute approximate surface area is 139 Å². The minimum absolute atomic E-state index is 0.00477. The van der Waals surface area contributed by atoms with Crippen molar-refractivity contribution in [3.8, 4) is 5.75 Å². The summed E-state index contributed by atoms with van der Waals surface area (Å²) in [5, 5.41) is 0. The van der Waals surface area contributed by atoms with E-state index in [-0.39, 0.29) is 12.5 Å². The quantitative estimate of drug-likeness (QED) is 0.863. The number of rotatable bonds is 4. The molecule has 0 atom stereocenters. The lowest BCUT2D eigenvalue weighted by atomic mass is 10.2. The van der Waals surface area contributed by atoms with Crippen LogP contribution in [0.15, 0.2) is 48.5 Å². The molecule has 0 aromatic heterocycles. The minimum Gasteiger partial charge on any atom is -0.484 e. The summed E-state index contributed by atoms with van der Waals surface area (Å²) >= 11 is 0. The maximum absolute atomic E-state index is 13.3. The monoisotopic (exact) mass is 332 g/mol. The topological polar surface area (TPSA) is 32.8 Å². The Morgan fingerprint density at radius 1 is 0.958 bits per heavy atom. The zero-order chi connectivity index (χ0) is 16.9. The number of carbonyl (C=O) groups is 1. The fraction of sp³-hybridized carbons (Fsp3) is 0.278. The van der Waals surface area contributed by atoms with E-state index >= 15 is 0 Å². The number of nitrogens with zero attached hydrogens (tertiary/aromatic N) is 2. The second-order valence-electron chi connectivity index (χ2n) is 5.57. The van der Waals surface area contributed by atoms with Gasteiger partial charge in [0.05, 0.1) is 0 Å². The SMILES string of the molecule is O=C(COc1ccccc1)N1CCN(c2ccc(F)c(F)c2)CC1. The molecule has 1 fully saturated rings. The lowest BCUT2D eigenvalue weighted by molar-refractivity contribution is -0.133. The van der Waals surface area contributed by atoms with E-state index in [0.717, 1.165) is 6.07 Å². The molecule has 1 amide bonds.